The van der Waals surface area contributed by atoms with Crippen LogP contribution in [-0.4, -0.2) is 42.4 Å². The number of unbranched alkanes of at least 4 members (excludes halogenated alkanes) is 2. The molecule has 2 N–H and O–H groups in total. The topological polar surface area (TPSA) is 46.3 Å². The van der Waals surface area contributed by atoms with Gasteiger partial charge < -0.3 is 10.6 Å². The van der Waals surface area contributed by atoms with Crippen molar-refractivity contribution in [3.63, 3.8) is 0 Å². The highest BCUT2D eigenvalue weighted by atomic mass is 32.2. The molecule has 1 heterocycles. The molecule has 1 atom stereocenters. The molecule has 1 rings (SSSR count). The number of likely N-dealkylation sites (tertiary alicyclic amines) is 1. The van der Waals surface area contributed by atoms with Crippen LogP contribution in [0.25, 0.3) is 0 Å². The van der Waals surface area contributed by atoms with Crippen molar-refractivity contribution in [1.29, 1.82) is 0 Å². The molecule has 1 aliphatic heterocycles. The predicted octanol–water partition coefficient (Wildman–Crippen LogP) is 1.33. The first-order valence-electron chi connectivity index (χ1n) is 5.74. The third kappa shape index (κ3) is 4.43. The lowest BCUT2D eigenvalue weighted by molar-refractivity contribution is -0.127. The number of carbonyl (C=O) groups excluding carboxylic acids is 1. The Morgan fingerprint density at radius 1 is 1.47 bits per heavy atom. The maximum Gasteiger partial charge on any atom is 0.222 e. The lowest BCUT2D eigenvalue weighted by Gasteiger charge is -2.15. The summed E-state index contributed by atoms with van der Waals surface area (Å²) in [7, 11) is 0. The van der Waals surface area contributed by atoms with Crippen molar-refractivity contribution in [3.8, 4) is 0 Å². The molecule has 1 saturated heterocycles. The van der Waals surface area contributed by atoms with Crippen molar-refractivity contribution in [2.75, 3.05) is 31.6 Å². The lowest BCUT2D eigenvalue weighted by atomic mass is 10.1. The summed E-state index contributed by atoms with van der Waals surface area (Å²) in [6.07, 6.45) is 6.45. The Hall–Kier alpha value is -0.220. The Bertz CT molecular complexity index is 199. The van der Waals surface area contributed by atoms with Gasteiger partial charge in [0.15, 0.2) is 0 Å². The normalized spacial score (nSPS) is 21.3. The first kappa shape index (κ1) is 12.8. The highest BCUT2D eigenvalue weighted by molar-refractivity contribution is 7.98. The van der Waals surface area contributed by atoms with Gasteiger partial charge in [0.2, 0.25) is 5.91 Å². The number of carbonyl (C=O) groups is 1. The zero-order valence-electron chi connectivity index (χ0n) is 9.58. The Morgan fingerprint density at radius 2 is 2.27 bits per heavy atom. The van der Waals surface area contributed by atoms with E-state index in [0.29, 0.717) is 24.8 Å². The summed E-state index contributed by atoms with van der Waals surface area (Å²) in [5.41, 5.74) is 5.57. The first-order chi connectivity index (χ1) is 7.27. The molecular formula is C11H22N2OS. The van der Waals surface area contributed by atoms with E-state index >= 15 is 0 Å². The fourth-order valence-electron chi connectivity index (χ4n) is 1.95. The molecule has 15 heavy (non-hydrogen) atoms. The molecule has 0 aliphatic carbocycles. The van der Waals surface area contributed by atoms with Gasteiger partial charge in [-0.25, -0.2) is 0 Å². The third-order valence-electron chi connectivity index (χ3n) is 2.90. The summed E-state index contributed by atoms with van der Waals surface area (Å²) >= 11 is 1.89. The molecule has 0 aromatic heterocycles. The zero-order chi connectivity index (χ0) is 11.1. The highest BCUT2D eigenvalue weighted by Crippen LogP contribution is 2.17. The molecule has 1 unspecified atom stereocenters. The quantitative estimate of drug-likeness (QED) is 0.671. The molecule has 4 heteroatoms. The number of rotatable bonds is 7. The largest absolute Gasteiger partial charge is 0.342 e. The van der Waals surface area contributed by atoms with Crippen molar-refractivity contribution in [2.45, 2.75) is 25.7 Å². The van der Waals surface area contributed by atoms with Crippen molar-refractivity contribution >= 4 is 17.7 Å². The Balaban J connectivity index is 2.08. The Kier molecular flexibility index (Phi) is 6.10. The zero-order valence-corrected chi connectivity index (χ0v) is 10.4. The summed E-state index contributed by atoms with van der Waals surface area (Å²) in [5, 5.41) is 0. The molecule has 1 aliphatic rings. The molecule has 0 spiro atoms. The van der Waals surface area contributed by atoms with Crippen LogP contribution in [0.2, 0.25) is 0 Å². The van der Waals surface area contributed by atoms with Gasteiger partial charge in [-0.05, 0) is 37.3 Å². The van der Waals surface area contributed by atoms with Crippen molar-refractivity contribution in [3.05, 3.63) is 0 Å². The molecule has 1 fully saturated rings. The lowest BCUT2D eigenvalue weighted by Crippen LogP contribution is -2.27. The number of nitrogens with zero attached hydrogens (tertiary/aromatic N) is 1. The molecule has 0 radical (unpaired) electrons. The van der Waals surface area contributed by atoms with Gasteiger partial charge in [-0.1, -0.05) is 6.42 Å². The van der Waals surface area contributed by atoms with Crippen LogP contribution >= 0.6 is 11.8 Å². The van der Waals surface area contributed by atoms with E-state index in [1.165, 1.54) is 18.6 Å². The summed E-state index contributed by atoms with van der Waals surface area (Å²) in [6.45, 7) is 2.47. The second-order valence-corrected chi connectivity index (χ2v) is 5.18. The second kappa shape index (κ2) is 7.12. The maximum atomic E-state index is 11.5. The number of thioether (sulfide) groups is 1. The number of amides is 1. The van der Waals surface area contributed by atoms with Crippen LogP contribution < -0.4 is 5.73 Å². The van der Waals surface area contributed by atoms with Gasteiger partial charge in [0.1, 0.15) is 0 Å². The summed E-state index contributed by atoms with van der Waals surface area (Å²) in [4.78, 5) is 13.5. The Labute approximate surface area is 96.8 Å². The molecule has 0 saturated carbocycles. The van der Waals surface area contributed by atoms with Gasteiger partial charge in [-0.15, -0.1) is 0 Å². The molecule has 88 valence electrons. The van der Waals surface area contributed by atoms with Gasteiger partial charge in [-0.2, -0.15) is 11.8 Å². The smallest absolute Gasteiger partial charge is 0.222 e. The van der Waals surface area contributed by atoms with E-state index in [4.69, 9.17) is 5.73 Å². The van der Waals surface area contributed by atoms with E-state index in [0.717, 1.165) is 19.5 Å². The van der Waals surface area contributed by atoms with Crippen molar-refractivity contribution in [1.82, 2.24) is 4.90 Å². The van der Waals surface area contributed by atoms with Gasteiger partial charge in [0, 0.05) is 19.5 Å². The minimum atomic E-state index is 0.301. The number of hydrogen-bond acceptors (Lipinski definition) is 3. The summed E-state index contributed by atoms with van der Waals surface area (Å²) in [6, 6.07) is 0. The monoisotopic (exact) mass is 230 g/mol. The average molecular weight is 230 g/mol. The maximum absolute atomic E-state index is 11.5. The van der Waals surface area contributed by atoms with Gasteiger partial charge in [-0.3, -0.25) is 4.79 Å². The predicted molar refractivity (Wildman–Crippen MR) is 66.0 cm³/mol. The minimum Gasteiger partial charge on any atom is -0.342 e. The Morgan fingerprint density at radius 3 is 2.87 bits per heavy atom. The van der Waals surface area contributed by atoms with Gasteiger partial charge in [0.05, 0.1) is 0 Å². The van der Waals surface area contributed by atoms with Crippen molar-refractivity contribution in [2.24, 2.45) is 11.7 Å². The fourth-order valence-corrected chi connectivity index (χ4v) is 2.45. The second-order valence-electron chi connectivity index (χ2n) is 4.20. The molecule has 1 amide bonds. The van der Waals surface area contributed by atoms with E-state index in [-0.39, 0.29) is 0 Å². The van der Waals surface area contributed by atoms with Crippen LogP contribution in [0.3, 0.4) is 0 Å². The van der Waals surface area contributed by atoms with Crippen LogP contribution in [-0.2, 0) is 4.79 Å². The third-order valence-corrected chi connectivity index (χ3v) is 3.60. The van der Waals surface area contributed by atoms with E-state index in [9.17, 15) is 4.79 Å². The van der Waals surface area contributed by atoms with E-state index < -0.39 is 0 Å². The van der Waals surface area contributed by atoms with E-state index in [2.05, 4.69) is 6.26 Å². The van der Waals surface area contributed by atoms with Crippen LogP contribution in [0.5, 0.6) is 0 Å². The van der Waals surface area contributed by atoms with E-state index in [1.807, 2.05) is 16.7 Å². The van der Waals surface area contributed by atoms with Crippen LogP contribution in [0.15, 0.2) is 0 Å². The number of nitrogens with two attached hydrogens (primary N) is 1. The molecule has 0 aromatic rings. The van der Waals surface area contributed by atoms with E-state index in [1.54, 1.807) is 0 Å². The summed E-state index contributed by atoms with van der Waals surface area (Å²) < 4.78 is 0. The molecule has 0 aromatic carbocycles. The standard InChI is InChI=1S/C11H22N2OS/c1-15-6-4-2-3-5-13-9-10(8-12)7-11(13)14/h10H,2-9,12H2,1H3. The van der Waals surface area contributed by atoms with Crippen LogP contribution in [0, 0.1) is 5.92 Å². The fraction of sp³-hybridized carbons (Fsp3) is 0.909. The van der Waals surface area contributed by atoms with Crippen LogP contribution in [0.4, 0.5) is 0 Å². The summed E-state index contributed by atoms with van der Waals surface area (Å²) in [5.74, 6) is 1.94. The number of hydrogen-bond donors (Lipinski definition) is 1. The SMILES string of the molecule is CSCCCCCN1CC(CN)CC1=O. The van der Waals surface area contributed by atoms with Gasteiger partial charge in [0.25, 0.3) is 0 Å². The molecular weight excluding hydrogens is 208 g/mol. The van der Waals surface area contributed by atoms with Gasteiger partial charge >= 0.3 is 0 Å². The average Bonchev–Trinajstić information content (AvgIpc) is 2.59. The van der Waals surface area contributed by atoms with Crippen LogP contribution in [0.1, 0.15) is 25.7 Å². The molecule has 0 bridgehead atoms. The minimum absolute atomic E-state index is 0.301. The first-order valence-corrected chi connectivity index (χ1v) is 7.14. The van der Waals surface area contributed by atoms with Crippen molar-refractivity contribution < 1.29 is 4.79 Å². The highest BCUT2D eigenvalue weighted by Gasteiger charge is 2.27. The molecule has 3 nitrogen and oxygen atoms in total.